The van der Waals surface area contributed by atoms with Crippen LogP contribution in [0.1, 0.15) is 34.3 Å². The molecule has 5 rings (SSSR count). The van der Waals surface area contributed by atoms with Crippen LogP contribution < -0.4 is 16.0 Å². The van der Waals surface area contributed by atoms with Gasteiger partial charge in [0.2, 0.25) is 5.91 Å². The van der Waals surface area contributed by atoms with Gasteiger partial charge in [0, 0.05) is 44.7 Å². The maximum Gasteiger partial charge on any atom is 0.235 e. The van der Waals surface area contributed by atoms with Crippen molar-refractivity contribution in [2.45, 2.75) is 31.4 Å². The number of nitrogens with two attached hydrogens (primary N) is 1. The van der Waals surface area contributed by atoms with Gasteiger partial charge in [-0.3, -0.25) is 24.0 Å². The second-order valence-corrected chi connectivity index (χ2v) is 10.9. The molecule has 10 nitrogen and oxygen atoms in total. The van der Waals surface area contributed by atoms with Crippen LogP contribution in [0.15, 0.2) is 24.3 Å². The summed E-state index contributed by atoms with van der Waals surface area (Å²) in [4.78, 5) is 66.6. The molecule has 2 aromatic rings. The van der Waals surface area contributed by atoms with Gasteiger partial charge in [-0.25, -0.2) is 8.78 Å². The highest BCUT2D eigenvalue weighted by molar-refractivity contribution is 6.31. The standard InChI is InChI=1S/C28H27F2N3O7/c1-33(2)18-9-17(32-10-11-3-14(29)8-15(30)4-11)23(35)21-16(18)6-12-5-13-7-19(34)22(27(31)39)26(38)28(13,40)25(37)20(12)24(21)36/h3-4,8-9,12-13,20,22,32,35,40H,5-7,10H2,1-2H3,(H2,31,39)/t12-,13+,20?,22?,28+/m1/s1. The van der Waals surface area contributed by atoms with E-state index in [0.717, 1.165) is 18.2 Å². The van der Waals surface area contributed by atoms with Gasteiger partial charge < -0.3 is 26.2 Å². The number of ketones is 4. The highest BCUT2D eigenvalue weighted by Crippen LogP contribution is 2.52. The number of halogens is 2. The molecule has 2 saturated carbocycles. The minimum Gasteiger partial charge on any atom is -0.505 e. The summed E-state index contributed by atoms with van der Waals surface area (Å²) in [5.41, 5.74) is 3.56. The molecule has 2 aromatic carbocycles. The van der Waals surface area contributed by atoms with Crippen LogP contribution in [0.4, 0.5) is 20.2 Å². The predicted octanol–water partition coefficient (Wildman–Crippen LogP) is 1.28. The number of amides is 1. The SMILES string of the molecule is CN(C)c1cc(NCc2cc(F)cc(F)c2)c(O)c2c1C[C@H]1C[C@H]3CC(=O)C(C(N)=O)C(=O)[C@@]3(O)C(=O)C1C2=O. The van der Waals surface area contributed by atoms with Crippen LogP contribution in [-0.4, -0.2) is 58.9 Å². The number of Topliss-reactive ketones (excluding diaryl/α,β-unsaturated/α-hetero) is 4. The van der Waals surface area contributed by atoms with Gasteiger partial charge in [0.1, 0.15) is 17.4 Å². The molecule has 3 aliphatic carbocycles. The number of anilines is 2. The summed E-state index contributed by atoms with van der Waals surface area (Å²) in [6.45, 7) is -0.106. The molecule has 0 aliphatic heterocycles. The lowest BCUT2D eigenvalue weighted by atomic mass is 9.53. The number of nitrogens with one attached hydrogen (secondary N) is 1. The fraction of sp³-hybridized carbons (Fsp3) is 0.393. The van der Waals surface area contributed by atoms with E-state index < -0.39 is 82.1 Å². The topological polar surface area (TPSA) is 167 Å². The van der Waals surface area contributed by atoms with Crippen molar-refractivity contribution in [2.75, 3.05) is 24.3 Å². The molecule has 0 aromatic heterocycles. The molecule has 210 valence electrons. The van der Waals surface area contributed by atoms with Gasteiger partial charge in [0.15, 0.2) is 34.7 Å². The van der Waals surface area contributed by atoms with E-state index >= 15 is 0 Å². The number of nitrogens with zero attached hydrogens (tertiary/aromatic N) is 1. The fourth-order valence-corrected chi connectivity index (χ4v) is 6.46. The first kappa shape index (κ1) is 27.4. The average Bonchev–Trinajstić information content (AvgIpc) is 2.84. The van der Waals surface area contributed by atoms with Gasteiger partial charge in [0.05, 0.1) is 17.2 Å². The minimum absolute atomic E-state index is 0.0141. The first-order valence-corrected chi connectivity index (χ1v) is 12.7. The molecule has 40 heavy (non-hydrogen) atoms. The summed E-state index contributed by atoms with van der Waals surface area (Å²) in [7, 11) is 3.42. The second-order valence-electron chi connectivity index (χ2n) is 10.9. The Kier molecular flexibility index (Phi) is 6.48. The van der Waals surface area contributed by atoms with Crippen molar-refractivity contribution in [3.63, 3.8) is 0 Å². The lowest BCUT2D eigenvalue weighted by Gasteiger charge is -2.48. The number of carbonyl (C=O) groups excluding carboxylic acids is 5. The van der Waals surface area contributed by atoms with E-state index in [9.17, 15) is 43.0 Å². The molecule has 2 unspecified atom stereocenters. The summed E-state index contributed by atoms with van der Waals surface area (Å²) < 4.78 is 27.3. The number of carbonyl (C=O) groups is 5. The molecule has 0 spiro atoms. The van der Waals surface area contributed by atoms with Crippen molar-refractivity contribution in [3.05, 3.63) is 52.6 Å². The van der Waals surface area contributed by atoms with Crippen molar-refractivity contribution in [3.8, 4) is 5.75 Å². The van der Waals surface area contributed by atoms with Crippen LogP contribution in [-0.2, 0) is 32.1 Å². The Bertz CT molecular complexity index is 1490. The molecule has 0 saturated heterocycles. The molecular weight excluding hydrogens is 528 g/mol. The van der Waals surface area contributed by atoms with Crippen LogP contribution in [0.3, 0.4) is 0 Å². The molecule has 5 atom stereocenters. The smallest absolute Gasteiger partial charge is 0.235 e. The van der Waals surface area contributed by atoms with Gasteiger partial charge >= 0.3 is 0 Å². The largest absolute Gasteiger partial charge is 0.505 e. The van der Waals surface area contributed by atoms with Gasteiger partial charge in [-0.1, -0.05) is 0 Å². The number of aliphatic hydroxyl groups is 1. The first-order chi connectivity index (χ1) is 18.7. The van der Waals surface area contributed by atoms with Crippen LogP contribution in [0, 0.1) is 35.3 Å². The third-order valence-electron chi connectivity index (χ3n) is 8.27. The van der Waals surface area contributed by atoms with Crippen LogP contribution in [0.5, 0.6) is 5.75 Å². The number of aromatic hydroxyl groups is 1. The van der Waals surface area contributed by atoms with E-state index in [4.69, 9.17) is 5.73 Å². The van der Waals surface area contributed by atoms with Crippen molar-refractivity contribution >= 4 is 40.4 Å². The van der Waals surface area contributed by atoms with Crippen LogP contribution in [0.2, 0.25) is 0 Å². The predicted molar refractivity (Wildman–Crippen MR) is 137 cm³/mol. The molecule has 0 bridgehead atoms. The van der Waals surface area contributed by atoms with E-state index in [1.54, 1.807) is 25.1 Å². The Balaban J connectivity index is 1.55. The number of hydrogen-bond acceptors (Lipinski definition) is 9. The van der Waals surface area contributed by atoms with E-state index in [-0.39, 0.29) is 36.2 Å². The van der Waals surface area contributed by atoms with E-state index in [0.29, 0.717) is 11.3 Å². The summed E-state index contributed by atoms with van der Waals surface area (Å²) in [6.07, 6.45) is -0.302. The van der Waals surface area contributed by atoms with E-state index in [1.165, 1.54) is 0 Å². The molecule has 1 amide bonds. The van der Waals surface area contributed by atoms with Crippen molar-refractivity contribution in [2.24, 2.45) is 29.4 Å². The maximum absolute atomic E-state index is 13.9. The number of phenolic OH excluding ortho intramolecular Hbond substituents is 1. The average molecular weight is 556 g/mol. The quantitative estimate of drug-likeness (QED) is 0.314. The van der Waals surface area contributed by atoms with E-state index in [1.807, 2.05) is 0 Å². The summed E-state index contributed by atoms with van der Waals surface area (Å²) >= 11 is 0. The third kappa shape index (κ3) is 4.05. The monoisotopic (exact) mass is 555 g/mol. The summed E-state index contributed by atoms with van der Waals surface area (Å²) in [5.74, 6) is -12.7. The minimum atomic E-state index is -2.74. The Hall–Kier alpha value is -4.19. The lowest BCUT2D eigenvalue weighted by molar-refractivity contribution is -0.175. The zero-order valence-electron chi connectivity index (χ0n) is 21.7. The van der Waals surface area contributed by atoms with Crippen molar-refractivity contribution in [1.29, 1.82) is 0 Å². The zero-order chi connectivity index (χ0) is 29.3. The Morgan fingerprint density at radius 2 is 1.73 bits per heavy atom. The molecule has 12 heteroatoms. The van der Waals surface area contributed by atoms with Gasteiger partial charge in [0.25, 0.3) is 0 Å². The molecule has 2 fully saturated rings. The second kappa shape index (κ2) is 9.47. The molecular formula is C28H27F2N3O7. The van der Waals surface area contributed by atoms with Gasteiger partial charge in [-0.05, 0) is 48.1 Å². The normalized spacial score (nSPS) is 27.5. The number of phenols is 1. The highest BCUT2D eigenvalue weighted by atomic mass is 19.1. The van der Waals surface area contributed by atoms with Crippen LogP contribution >= 0.6 is 0 Å². The molecule has 0 radical (unpaired) electrons. The lowest BCUT2D eigenvalue weighted by Crippen LogP contribution is -2.68. The maximum atomic E-state index is 13.9. The molecule has 3 aliphatic rings. The zero-order valence-corrected chi connectivity index (χ0v) is 21.7. The Morgan fingerprint density at radius 1 is 1.07 bits per heavy atom. The molecule has 5 N–H and O–H groups in total. The Labute approximate surface area is 227 Å². The Morgan fingerprint density at radius 3 is 2.33 bits per heavy atom. The van der Waals surface area contributed by atoms with E-state index in [2.05, 4.69) is 5.32 Å². The summed E-state index contributed by atoms with van der Waals surface area (Å²) in [6, 6.07) is 4.51. The van der Waals surface area contributed by atoms with Crippen molar-refractivity contribution in [1.82, 2.24) is 0 Å². The van der Waals surface area contributed by atoms with Gasteiger partial charge in [-0.15, -0.1) is 0 Å². The first-order valence-electron chi connectivity index (χ1n) is 12.7. The third-order valence-corrected chi connectivity index (χ3v) is 8.27. The number of primary amides is 1. The number of rotatable bonds is 5. The van der Waals surface area contributed by atoms with Crippen LogP contribution in [0.25, 0.3) is 0 Å². The number of hydrogen-bond donors (Lipinski definition) is 4. The summed E-state index contributed by atoms with van der Waals surface area (Å²) in [5, 5.41) is 25.4. The van der Waals surface area contributed by atoms with Crippen molar-refractivity contribution < 1.29 is 43.0 Å². The molecule has 0 heterocycles. The number of fused-ring (bicyclic) bond motifs is 3. The highest BCUT2D eigenvalue weighted by Gasteiger charge is 2.66. The van der Waals surface area contributed by atoms with Gasteiger partial charge in [-0.2, -0.15) is 0 Å². The fourth-order valence-electron chi connectivity index (χ4n) is 6.46. The number of benzene rings is 2.